The molecule has 1 aliphatic rings. The van der Waals surface area contributed by atoms with Gasteiger partial charge in [-0.25, -0.2) is 4.98 Å². The molecule has 0 radical (unpaired) electrons. The highest BCUT2D eigenvalue weighted by atomic mass is 35.5. The zero-order valence-corrected chi connectivity index (χ0v) is 14.1. The number of hydrogen-bond donors (Lipinski definition) is 2. The van der Waals surface area contributed by atoms with Crippen molar-refractivity contribution in [2.45, 2.75) is 25.4 Å². The van der Waals surface area contributed by atoms with E-state index in [1.807, 2.05) is 18.2 Å². The van der Waals surface area contributed by atoms with Crippen LogP contribution in [0.15, 0.2) is 42.5 Å². The maximum absolute atomic E-state index is 9.43. The lowest BCUT2D eigenvalue weighted by atomic mass is 10.1. The van der Waals surface area contributed by atoms with E-state index in [2.05, 4.69) is 39.1 Å². The Labute approximate surface area is 146 Å². The highest BCUT2D eigenvalue weighted by Crippen LogP contribution is 2.24. The van der Waals surface area contributed by atoms with Crippen LogP contribution in [0.4, 0.5) is 0 Å². The predicted octanol–water partition coefficient (Wildman–Crippen LogP) is 3.84. The Bertz CT molecular complexity index is 843. The van der Waals surface area contributed by atoms with E-state index in [4.69, 9.17) is 11.6 Å². The molecular weight excluding hydrogens is 322 g/mol. The maximum Gasteiger partial charge on any atom is 0.138 e. The number of H-pyrrole nitrogens is 1. The normalized spacial score (nSPS) is 18.5. The molecule has 0 amide bonds. The van der Waals surface area contributed by atoms with Crippen LogP contribution in [0.5, 0.6) is 0 Å². The van der Waals surface area contributed by atoms with Gasteiger partial charge in [0.2, 0.25) is 0 Å². The summed E-state index contributed by atoms with van der Waals surface area (Å²) in [5.74, 6) is 0.855. The molecule has 3 aromatic rings. The number of imidazole rings is 1. The van der Waals surface area contributed by atoms with Gasteiger partial charge in [0.25, 0.3) is 0 Å². The van der Waals surface area contributed by atoms with Crippen molar-refractivity contribution >= 4 is 22.6 Å². The number of likely N-dealkylation sites (tertiary alicyclic amines) is 1. The number of nitrogens with zero attached hydrogens (tertiary/aromatic N) is 2. The number of benzene rings is 2. The molecule has 1 fully saturated rings. The average Bonchev–Trinajstić information content (AvgIpc) is 3.21. The number of aromatic nitrogens is 2. The number of aliphatic hydroxyl groups excluding tert-OH is 1. The van der Waals surface area contributed by atoms with Crippen molar-refractivity contribution in [2.24, 2.45) is 0 Å². The number of rotatable bonds is 4. The van der Waals surface area contributed by atoms with Gasteiger partial charge in [0.15, 0.2) is 0 Å². The molecule has 1 saturated heterocycles. The van der Waals surface area contributed by atoms with Crippen LogP contribution in [0, 0.1) is 0 Å². The Morgan fingerprint density at radius 3 is 2.83 bits per heavy atom. The fourth-order valence-corrected chi connectivity index (χ4v) is 3.60. The van der Waals surface area contributed by atoms with E-state index in [0.717, 1.165) is 41.9 Å². The first-order valence-electron chi connectivity index (χ1n) is 8.32. The van der Waals surface area contributed by atoms with E-state index in [-0.39, 0.29) is 6.61 Å². The second-order valence-corrected chi connectivity index (χ2v) is 6.83. The van der Waals surface area contributed by atoms with Gasteiger partial charge in [-0.1, -0.05) is 35.9 Å². The first-order valence-corrected chi connectivity index (χ1v) is 8.70. The van der Waals surface area contributed by atoms with E-state index >= 15 is 0 Å². The molecule has 2 aromatic carbocycles. The van der Waals surface area contributed by atoms with E-state index in [9.17, 15) is 5.11 Å². The molecule has 2 heterocycles. The second-order valence-electron chi connectivity index (χ2n) is 6.39. The third-order valence-corrected chi connectivity index (χ3v) is 5.00. The van der Waals surface area contributed by atoms with Crippen LogP contribution in [0.1, 0.15) is 18.4 Å². The van der Waals surface area contributed by atoms with Crippen molar-refractivity contribution in [1.82, 2.24) is 14.9 Å². The first kappa shape index (κ1) is 15.6. The van der Waals surface area contributed by atoms with E-state index in [1.54, 1.807) is 0 Å². The van der Waals surface area contributed by atoms with Gasteiger partial charge in [-0.3, -0.25) is 4.90 Å². The molecule has 2 N–H and O–H groups in total. The summed E-state index contributed by atoms with van der Waals surface area (Å²) in [5.41, 5.74) is 4.19. The second kappa shape index (κ2) is 6.55. The number of aliphatic hydroxyl groups is 1. The van der Waals surface area contributed by atoms with Crippen molar-refractivity contribution in [2.75, 3.05) is 13.2 Å². The van der Waals surface area contributed by atoms with Crippen LogP contribution in [0.3, 0.4) is 0 Å². The van der Waals surface area contributed by atoms with Gasteiger partial charge in [-0.05, 0) is 43.1 Å². The molecule has 4 rings (SSSR count). The summed E-state index contributed by atoms with van der Waals surface area (Å²) in [4.78, 5) is 10.3. The molecule has 0 aliphatic carbocycles. The van der Waals surface area contributed by atoms with Crippen LogP contribution in [-0.2, 0) is 6.54 Å². The van der Waals surface area contributed by atoms with Crippen molar-refractivity contribution in [3.05, 3.63) is 53.1 Å². The minimum absolute atomic E-state index is 0.250. The fourth-order valence-electron chi connectivity index (χ4n) is 3.43. The third-order valence-electron chi connectivity index (χ3n) is 4.77. The Balaban J connectivity index is 1.54. The van der Waals surface area contributed by atoms with Gasteiger partial charge in [-0.15, -0.1) is 0 Å². The molecular formula is C19H20ClN3O. The quantitative estimate of drug-likeness (QED) is 0.758. The molecule has 124 valence electrons. The van der Waals surface area contributed by atoms with Gasteiger partial charge in [0, 0.05) is 23.2 Å². The topological polar surface area (TPSA) is 52.1 Å². The SMILES string of the molecule is OC[C@H]1CCCN1Cc1ccc(-c2nc3ccc(Cl)cc3[nH]2)cc1. The van der Waals surface area contributed by atoms with Gasteiger partial charge in [0.05, 0.1) is 17.6 Å². The molecule has 0 bridgehead atoms. The number of halogens is 1. The first-order chi connectivity index (χ1) is 11.7. The summed E-state index contributed by atoms with van der Waals surface area (Å²) in [7, 11) is 0. The lowest BCUT2D eigenvalue weighted by Gasteiger charge is -2.22. The molecule has 1 atom stereocenters. The van der Waals surface area contributed by atoms with Crippen LogP contribution in [0.25, 0.3) is 22.4 Å². The third kappa shape index (κ3) is 3.05. The lowest BCUT2D eigenvalue weighted by Crippen LogP contribution is -2.31. The highest BCUT2D eigenvalue weighted by Gasteiger charge is 2.23. The Morgan fingerprint density at radius 2 is 2.04 bits per heavy atom. The molecule has 0 spiro atoms. The summed E-state index contributed by atoms with van der Waals surface area (Å²) in [6.07, 6.45) is 2.26. The largest absolute Gasteiger partial charge is 0.395 e. The van der Waals surface area contributed by atoms with Crippen molar-refractivity contribution in [1.29, 1.82) is 0 Å². The number of nitrogens with one attached hydrogen (secondary N) is 1. The molecule has 1 aliphatic heterocycles. The van der Waals surface area contributed by atoms with Gasteiger partial charge in [0.1, 0.15) is 5.82 Å². The summed E-state index contributed by atoms with van der Waals surface area (Å²) < 4.78 is 0. The minimum Gasteiger partial charge on any atom is -0.395 e. The highest BCUT2D eigenvalue weighted by molar-refractivity contribution is 6.31. The van der Waals surface area contributed by atoms with Crippen molar-refractivity contribution in [3.8, 4) is 11.4 Å². The fraction of sp³-hybridized carbons (Fsp3) is 0.316. The van der Waals surface area contributed by atoms with Crippen molar-refractivity contribution in [3.63, 3.8) is 0 Å². The number of aromatic amines is 1. The summed E-state index contributed by atoms with van der Waals surface area (Å²) >= 11 is 6.03. The molecule has 4 nitrogen and oxygen atoms in total. The summed E-state index contributed by atoms with van der Waals surface area (Å²) in [6, 6.07) is 14.5. The number of hydrogen-bond acceptors (Lipinski definition) is 3. The van der Waals surface area contributed by atoms with Gasteiger partial charge in [-0.2, -0.15) is 0 Å². The van der Waals surface area contributed by atoms with Gasteiger partial charge >= 0.3 is 0 Å². The summed E-state index contributed by atoms with van der Waals surface area (Å²) in [5, 5.41) is 10.1. The molecule has 24 heavy (non-hydrogen) atoms. The molecule has 1 aromatic heterocycles. The molecule has 0 unspecified atom stereocenters. The maximum atomic E-state index is 9.43. The van der Waals surface area contributed by atoms with Crippen molar-refractivity contribution < 1.29 is 5.11 Å². The zero-order valence-electron chi connectivity index (χ0n) is 13.4. The Morgan fingerprint density at radius 1 is 1.21 bits per heavy atom. The summed E-state index contributed by atoms with van der Waals surface area (Å²) in [6.45, 7) is 2.21. The van der Waals surface area contributed by atoms with Crippen LogP contribution < -0.4 is 0 Å². The van der Waals surface area contributed by atoms with E-state index in [1.165, 1.54) is 12.0 Å². The average molecular weight is 342 g/mol. The van der Waals surface area contributed by atoms with E-state index in [0.29, 0.717) is 11.1 Å². The predicted molar refractivity (Wildman–Crippen MR) is 97.1 cm³/mol. The Kier molecular flexibility index (Phi) is 4.27. The van der Waals surface area contributed by atoms with Crippen LogP contribution in [0.2, 0.25) is 5.02 Å². The van der Waals surface area contributed by atoms with E-state index < -0.39 is 0 Å². The van der Waals surface area contributed by atoms with Crippen LogP contribution >= 0.6 is 11.6 Å². The minimum atomic E-state index is 0.250. The number of fused-ring (bicyclic) bond motifs is 1. The monoisotopic (exact) mass is 341 g/mol. The standard InChI is InChI=1S/C19H20ClN3O/c20-15-7-8-17-18(10-15)22-19(21-17)14-5-3-13(4-6-14)11-23-9-1-2-16(23)12-24/h3-8,10,16,24H,1-2,9,11-12H2,(H,21,22)/t16-/m1/s1. The zero-order chi connectivity index (χ0) is 16.5. The Hall–Kier alpha value is -1.88. The van der Waals surface area contributed by atoms with Gasteiger partial charge < -0.3 is 10.1 Å². The molecule has 5 heteroatoms. The smallest absolute Gasteiger partial charge is 0.138 e. The molecule has 0 saturated carbocycles. The lowest BCUT2D eigenvalue weighted by molar-refractivity contribution is 0.153. The van der Waals surface area contributed by atoms with Crippen LogP contribution in [-0.4, -0.2) is 39.2 Å².